The quantitative estimate of drug-likeness (QED) is 0.571. The molecule has 10 heavy (non-hydrogen) atoms. The largest absolute Gasteiger partial charge is 0.495 e. The van der Waals surface area contributed by atoms with E-state index in [2.05, 4.69) is 16.8 Å². The van der Waals surface area contributed by atoms with Crippen LogP contribution in [0, 0.1) is 0 Å². The number of aromatic nitrogens is 2. The van der Waals surface area contributed by atoms with Crippen LogP contribution in [0.5, 0.6) is 0 Å². The maximum atomic E-state index is 4.84. The molecule has 0 amide bonds. The molecular weight excluding hydrogens is 128 g/mol. The summed E-state index contributed by atoms with van der Waals surface area (Å²) in [7, 11) is 1.55. The van der Waals surface area contributed by atoms with E-state index in [0.717, 1.165) is 0 Å². The van der Waals surface area contributed by atoms with Crippen molar-refractivity contribution in [2.45, 2.75) is 0 Å². The Hall–Kier alpha value is -1.38. The van der Waals surface area contributed by atoms with E-state index in [0.29, 0.717) is 11.5 Å². The Morgan fingerprint density at radius 2 is 2.50 bits per heavy atom. The topological polar surface area (TPSA) is 35.0 Å². The molecule has 0 N–H and O–H groups in total. The van der Waals surface area contributed by atoms with E-state index in [9.17, 15) is 0 Å². The number of hydrogen-bond donors (Lipinski definition) is 0. The second-order valence-electron chi connectivity index (χ2n) is 1.74. The molecule has 0 aliphatic heterocycles. The predicted molar refractivity (Wildman–Crippen MR) is 38.1 cm³/mol. The van der Waals surface area contributed by atoms with E-state index in [1.165, 1.54) is 0 Å². The third kappa shape index (κ3) is 1.31. The molecule has 0 saturated heterocycles. The maximum Gasteiger partial charge on any atom is 0.139 e. The fraction of sp³-hybridized carbons (Fsp3) is 0.143. The van der Waals surface area contributed by atoms with E-state index >= 15 is 0 Å². The number of ether oxygens (including phenoxy) is 1. The Bertz CT molecular complexity index is 220. The summed E-state index contributed by atoms with van der Waals surface area (Å²) in [6.07, 6.45) is 1.60. The average Bonchev–Trinajstić information content (AvgIpc) is 2.05. The van der Waals surface area contributed by atoms with E-state index in [-0.39, 0.29) is 0 Å². The molecule has 0 saturated carbocycles. The summed E-state index contributed by atoms with van der Waals surface area (Å²) in [6, 6.07) is 3.57. The molecule has 1 aromatic heterocycles. The van der Waals surface area contributed by atoms with Gasteiger partial charge < -0.3 is 4.74 Å². The molecule has 0 aliphatic rings. The Labute approximate surface area is 59.4 Å². The molecule has 0 spiro atoms. The van der Waals surface area contributed by atoms with Gasteiger partial charge in [0, 0.05) is 6.20 Å². The number of nitrogens with zero attached hydrogens (tertiary/aromatic N) is 2. The molecule has 0 radical (unpaired) electrons. The van der Waals surface area contributed by atoms with Gasteiger partial charge in [-0.3, -0.25) is 0 Å². The molecule has 0 aliphatic carbocycles. The second-order valence-corrected chi connectivity index (χ2v) is 1.74. The van der Waals surface area contributed by atoms with Gasteiger partial charge in [0.15, 0.2) is 0 Å². The van der Waals surface area contributed by atoms with Crippen LogP contribution in [0.25, 0.3) is 5.76 Å². The van der Waals surface area contributed by atoms with Gasteiger partial charge in [-0.2, -0.15) is 5.10 Å². The van der Waals surface area contributed by atoms with Crippen molar-refractivity contribution < 1.29 is 4.74 Å². The fourth-order valence-corrected chi connectivity index (χ4v) is 0.555. The van der Waals surface area contributed by atoms with E-state index in [1.807, 2.05) is 0 Å². The lowest BCUT2D eigenvalue weighted by atomic mass is 10.3. The van der Waals surface area contributed by atoms with Crippen molar-refractivity contribution in [2.75, 3.05) is 7.11 Å². The predicted octanol–water partition coefficient (Wildman–Crippen LogP) is 1.09. The molecule has 3 heteroatoms. The maximum absolute atomic E-state index is 4.84. The summed E-state index contributed by atoms with van der Waals surface area (Å²) in [5, 5.41) is 7.44. The summed E-state index contributed by atoms with van der Waals surface area (Å²) in [5.41, 5.74) is 0.671. The monoisotopic (exact) mass is 136 g/mol. The summed E-state index contributed by atoms with van der Waals surface area (Å²) in [6.45, 7) is 3.62. The standard InChI is InChI=1S/C7H8N2O/c1-6(10-2)7-4-3-5-8-9-7/h3-5H,1H2,2H3. The van der Waals surface area contributed by atoms with Crippen molar-refractivity contribution >= 4 is 5.76 Å². The molecule has 0 fully saturated rings. The van der Waals surface area contributed by atoms with Gasteiger partial charge in [0.1, 0.15) is 11.5 Å². The number of hydrogen-bond acceptors (Lipinski definition) is 3. The zero-order valence-electron chi connectivity index (χ0n) is 5.74. The zero-order chi connectivity index (χ0) is 7.40. The fourth-order valence-electron chi connectivity index (χ4n) is 0.555. The summed E-state index contributed by atoms with van der Waals surface area (Å²) in [4.78, 5) is 0. The van der Waals surface area contributed by atoms with Gasteiger partial charge in [-0.1, -0.05) is 6.58 Å². The van der Waals surface area contributed by atoms with Gasteiger partial charge in [-0.25, -0.2) is 0 Å². The molecule has 0 bridgehead atoms. The minimum atomic E-state index is 0.535. The van der Waals surface area contributed by atoms with Crippen molar-refractivity contribution in [1.29, 1.82) is 0 Å². The van der Waals surface area contributed by atoms with Crippen molar-refractivity contribution in [3.05, 3.63) is 30.6 Å². The molecular formula is C7H8N2O. The van der Waals surface area contributed by atoms with Crippen LogP contribution in [0.15, 0.2) is 24.9 Å². The van der Waals surface area contributed by atoms with Crippen LogP contribution in [-0.4, -0.2) is 17.3 Å². The highest BCUT2D eigenvalue weighted by Gasteiger charge is 1.96. The Morgan fingerprint density at radius 1 is 1.70 bits per heavy atom. The lowest BCUT2D eigenvalue weighted by Crippen LogP contribution is -1.90. The van der Waals surface area contributed by atoms with E-state index < -0.39 is 0 Å². The Balaban J connectivity index is 2.85. The van der Waals surface area contributed by atoms with Crippen LogP contribution in [0.3, 0.4) is 0 Å². The average molecular weight is 136 g/mol. The van der Waals surface area contributed by atoms with Gasteiger partial charge in [0.2, 0.25) is 0 Å². The first-order chi connectivity index (χ1) is 4.84. The first kappa shape index (κ1) is 6.74. The first-order valence-corrected chi connectivity index (χ1v) is 2.85. The third-order valence-electron chi connectivity index (χ3n) is 1.10. The summed E-state index contributed by atoms with van der Waals surface area (Å²) in [5.74, 6) is 0.535. The van der Waals surface area contributed by atoms with Crippen LogP contribution in [0.4, 0.5) is 0 Å². The Morgan fingerprint density at radius 3 is 3.00 bits per heavy atom. The second kappa shape index (κ2) is 2.96. The van der Waals surface area contributed by atoms with Gasteiger partial charge in [-0.15, -0.1) is 5.10 Å². The number of methoxy groups -OCH3 is 1. The van der Waals surface area contributed by atoms with Gasteiger partial charge in [0.25, 0.3) is 0 Å². The number of rotatable bonds is 2. The molecule has 0 unspecified atom stereocenters. The third-order valence-corrected chi connectivity index (χ3v) is 1.10. The Kier molecular flexibility index (Phi) is 1.99. The van der Waals surface area contributed by atoms with Crippen LogP contribution < -0.4 is 0 Å². The first-order valence-electron chi connectivity index (χ1n) is 2.85. The molecule has 0 atom stereocenters. The van der Waals surface area contributed by atoms with Crippen molar-refractivity contribution in [3.63, 3.8) is 0 Å². The van der Waals surface area contributed by atoms with Crippen molar-refractivity contribution in [1.82, 2.24) is 10.2 Å². The molecule has 3 nitrogen and oxygen atoms in total. The summed E-state index contributed by atoms with van der Waals surface area (Å²) >= 11 is 0. The van der Waals surface area contributed by atoms with Gasteiger partial charge in [-0.05, 0) is 12.1 Å². The van der Waals surface area contributed by atoms with Gasteiger partial charge >= 0.3 is 0 Å². The van der Waals surface area contributed by atoms with Crippen LogP contribution in [0.1, 0.15) is 5.69 Å². The van der Waals surface area contributed by atoms with Crippen LogP contribution in [-0.2, 0) is 4.74 Å². The minimum absolute atomic E-state index is 0.535. The SMILES string of the molecule is C=C(OC)c1cccnn1. The van der Waals surface area contributed by atoms with E-state index in [1.54, 1.807) is 25.4 Å². The molecule has 52 valence electrons. The molecule has 1 rings (SSSR count). The minimum Gasteiger partial charge on any atom is -0.495 e. The normalized spacial score (nSPS) is 8.90. The molecule has 1 aromatic rings. The highest BCUT2D eigenvalue weighted by Crippen LogP contribution is 2.05. The van der Waals surface area contributed by atoms with E-state index in [4.69, 9.17) is 4.74 Å². The molecule has 0 aromatic carbocycles. The van der Waals surface area contributed by atoms with Crippen molar-refractivity contribution in [2.24, 2.45) is 0 Å². The lowest BCUT2D eigenvalue weighted by molar-refractivity contribution is 0.369. The highest BCUT2D eigenvalue weighted by atomic mass is 16.5. The lowest BCUT2D eigenvalue weighted by Gasteiger charge is -1.99. The van der Waals surface area contributed by atoms with Crippen LogP contribution >= 0.6 is 0 Å². The zero-order valence-corrected chi connectivity index (χ0v) is 5.74. The smallest absolute Gasteiger partial charge is 0.139 e. The highest BCUT2D eigenvalue weighted by molar-refractivity contribution is 5.51. The molecule has 1 heterocycles. The summed E-state index contributed by atoms with van der Waals surface area (Å²) < 4.78 is 4.84. The van der Waals surface area contributed by atoms with Gasteiger partial charge in [0.05, 0.1) is 7.11 Å². The van der Waals surface area contributed by atoms with Crippen LogP contribution in [0.2, 0.25) is 0 Å². The van der Waals surface area contributed by atoms with Crippen molar-refractivity contribution in [3.8, 4) is 0 Å².